The molecule has 0 fully saturated rings. The van der Waals surface area contributed by atoms with Crippen LogP contribution in [0, 0.1) is 6.08 Å². The molecular weight excluding hydrogens is 257 g/mol. The second-order valence-electron chi connectivity index (χ2n) is 3.58. The number of aromatic nitrogens is 4. The van der Waals surface area contributed by atoms with Crippen molar-refractivity contribution in [1.82, 2.24) is 19.9 Å². The van der Waals surface area contributed by atoms with Crippen LogP contribution in [0.3, 0.4) is 0 Å². The molecule has 1 aromatic carbocycles. The van der Waals surface area contributed by atoms with Crippen molar-refractivity contribution in [3.8, 4) is 0 Å². The van der Waals surface area contributed by atoms with Crippen molar-refractivity contribution < 1.29 is 4.39 Å². The first-order valence-electron chi connectivity index (χ1n) is 5.11. The van der Waals surface area contributed by atoms with Crippen LogP contribution in [0.5, 0.6) is 0 Å². The third kappa shape index (κ3) is 1.98. The van der Waals surface area contributed by atoms with Gasteiger partial charge in [0.2, 0.25) is 0 Å². The Balaban J connectivity index is 2.06. The predicted octanol–water partition coefficient (Wildman–Crippen LogP) is 2.89. The van der Waals surface area contributed by atoms with E-state index in [0.717, 1.165) is 0 Å². The lowest BCUT2D eigenvalue weighted by atomic mass is 10.3. The van der Waals surface area contributed by atoms with Crippen LogP contribution in [-0.2, 0) is 0 Å². The second-order valence-corrected chi connectivity index (χ2v) is 4.01. The van der Waals surface area contributed by atoms with E-state index in [1.165, 1.54) is 6.33 Å². The van der Waals surface area contributed by atoms with E-state index in [4.69, 9.17) is 11.6 Å². The maximum atomic E-state index is 13.2. The smallest absolute Gasteiger partial charge is 0.312 e. The first-order valence-corrected chi connectivity index (χ1v) is 5.49. The molecule has 0 saturated heterocycles. The average molecular weight is 264 g/mol. The normalized spacial score (nSPS) is 10.8. The SMILES string of the molecule is Fc1nc(Nc2cccc(Cl)c2)c2[nH]cnc2n1. The Hall–Kier alpha value is -2.21. The van der Waals surface area contributed by atoms with Gasteiger partial charge in [0.15, 0.2) is 11.5 Å². The fourth-order valence-electron chi connectivity index (χ4n) is 1.60. The largest absolute Gasteiger partial charge is 0.340 e. The number of benzene rings is 1. The van der Waals surface area contributed by atoms with Crippen molar-refractivity contribution in [2.24, 2.45) is 0 Å². The van der Waals surface area contributed by atoms with E-state index in [-0.39, 0.29) is 5.65 Å². The van der Waals surface area contributed by atoms with Gasteiger partial charge in [-0.25, -0.2) is 4.98 Å². The number of imidazole rings is 1. The molecule has 0 aliphatic carbocycles. The Kier molecular flexibility index (Phi) is 2.56. The third-order valence-electron chi connectivity index (χ3n) is 2.35. The zero-order valence-electron chi connectivity index (χ0n) is 8.98. The Labute approximate surface area is 106 Å². The quantitative estimate of drug-likeness (QED) is 0.698. The van der Waals surface area contributed by atoms with E-state index < -0.39 is 6.08 Å². The van der Waals surface area contributed by atoms with Crippen molar-refractivity contribution in [2.75, 3.05) is 5.32 Å². The highest BCUT2D eigenvalue weighted by molar-refractivity contribution is 6.30. The summed E-state index contributed by atoms with van der Waals surface area (Å²) in [6, 6.07) is 7.04. The van der Waals surface area contributed by atoms with Crippen LogP contribution in [0.15, 0.2) is 30.6 Å². The molecule has 0 spiro atoms. The summed E-state index contributed by atoms with van der Waals surface area (Å²) in [6.07, 6.45) is 0.598. The van der Waals surface area contributed by atoms with Gasteiger partial charge in [-0.1, -0.05) is 17.7 Å². The van der Waals surface area contributed by atoms with Gasteiger partial charge < -0.3 is 10.3 Å². The number of rotatable bonds is 2. The standard InChI is InChI=1S/C11H7ClFN5/c12-6-2-1-3-7(4-6)16-10-8-9(15-5-14-8)17-11(13)18-10/h1-5H,(H2,14,15,16,17,18). The van der Waals surface area contributed by atoms with Crippen molar-refractivity contribution >= 4 is 34.3 Å². The third-order valence-corrected chi connectivity index (χ3v) is 2.58. The Morgan fingerprint density at radius 1 is 1.28 bits per heavy atom. The molecule has 2 aromatic heterocycles. The first-order chi connectivity index (χ1) is 8.72. The van der Waals surface area contributed by atoms with Gasteiger partial charge in [-0.05, 0) is 18.2 Å². The fraction of sp³-hybridized carbons (Fsp3) is 0. The molecule has 0 saturated carbocycles. The van der Waals surface area contributed by atoms with E-state index in [0.29, 0.717) is 22.0 Å². The van der Waals surface area contributed by atoms with Gasteiger partial charge >= 0.3 is 6.08 Å². The molecule has 18 heavy (non-hydrogen) atoms. The van der Waals surface area contributed by atoms with Crippen LogP contribution in [0.2, 0.25) is 5.02 Å². The molecule has 0 atom stereocenters. The summed E-state index contributed by atoms with van der Waals surface area (Å²) in [5.74, 6) is 0.317. The van der Waals surface area contributed by atoms with Gasteiger partial charge in [-0.15, -0.1) is 0 Å². The van der Waals surface area contributed by atoms with Crippen molar-refractivity contribution in [2.45, 2.75) is 0 Å². The summed E-state index contributed by atoms with van der Waals surface area (Å²) in [7, 11) is 0. The number of nitrogens with one attached hydrogen (secondary N) is 2. The van der Waals surface area contributed by atoms with Crippen molar-refractivity contribution in [1.29, 1.82) is 0 Å². The highest BCUT2D eigenvalue weighted by Gasteiger charge is 2.09. The summed E-state index contributed by atoms with van der Waals surface area (Å²) >= 11 is 5.87. The summed E-state index contributed by atoms with van der Waals surface area (Å²) in [6.45, 7) is 0. The van der Waals surface area contributed by atoms with Crippen molar-refractivity contribution in [3.05, 3.63) is 41.7 Å². The van der Waals surface area contributed by atoms with E-state index in [9.17, 15) is 4.39 Å². The van der Waals surface area contributed by atoms with Crippen LogP contribution >= 0.6 is 11.6 Å². The topological polar surface area (TPSA) is 66.5 Å². The highest BCUT2D eigenvalue weighted by Crippen LogP contribution is 2.22. The monoisotopic (exact) mass is 263 g/mol. The van der Waals surface area contributed by atoms with E-state index >= 15 is 0 Å². The molecule has 0 aliphatic rings. The lowest BCUT2D eigenvalue weighted by molar-refractivity contribution is 0.545. The average Bonchev–Trinajstić information content (AvgIpc) is 2.77. The van der Waals surface area contributed by atoms with Crippen LogP contribution < -0.4 is 5.32 Å². The van der Waals surface area contributed by atoms with Crippen LogP contribution in [0.25, 0.3) is 11.2 Å². The molecule has 5 nitrogen and oxygen atoms in total. The molecule has 0 unspecified atom stereocenters. The molecule has 0 radical (unpaired) electrons. The number of anilines is 2. The van der Waals surface area contributed by atoms with Gasteiger partial charge in [0.05, 0.1) is 6.33 Å². The van der Waals surface area contributed by atoms with Crippen LogP contribution in [-0.4, -0.2) is 19.9 Å². The second kappa shape index (κ2) is 4.23. The molecule has 3 aromatic rings. The molecule has 3 rings (SSSR count). The minimum atomic E-state index is -0.834. The van der Waals surface area contributed by atoms with Crippen LogP contribution in [0.1, 0.15) is 0 Å². The minimum Gasteiger partial charge on any atom is -0.340 e. The van der Waals surface area contributed by atoms with E-state index in [1.54, 1.807) is 24.3 Å². The Bertz CT molecular complexity index is 711. The lowest BCUT2D eigenvalue weighted by Gasteiger charge is -2.06. The molecule has 0 bridgehead atoms. The minimum absolute atomic E-state index is 0.270. The molecule has 90 valence electrons. The van der Waals surface area contributed by atoms with Gasteiger partial charge in [0.1, 0.15) is 5.52 Å². The van der Waals surface area contributed by atoms with Gasteiger partial charge in [0.25, 0.3) is 0 Å². The Morgan fingerprint density at radius 2 is 2.17 bits per heavy atom. The number of nitrogens with zero attached hydrogens (tertiary/aromatic N) is 3. The maximum absolute atomic E-state index is 13.2. The molecular formula is C11H7ClFN5. The predicted molar refractivity (Wildman–Crippen MR) is 66.4 cm³/mol. The summed E-state index contributed by atoms with van der Waals surface area (Å²) in [5, 5.41) is 3.55. The summed E-state index contributed by atoms with van der Waals surface area (Å²) in [4.78, 5) is 14.0. The van der Waals surface area contributed by atoms with Crippen LogP contribution in [0.4, 0.5) is 15.9 Å². The van der Waals surface area contributed by atoms with Gasteiger partial charge in [-0.3, -0.25) is 0 Å². The first kappa shape index (κ1) is 10.9. The zero-order valence-corrected chi connectivity index (χ0v) is 9.74. The van der Waals surface area contributed by atoms with Gasteiger partial charge in [-0.2, -0.15) is 14.4 Å². The number of hydrogen-bond donors (Lipinski definition) is 2. The highest BCUT2D eigenvalue weighted by atomic mass is 35.5. The lowest BCUT2D eigenvalue weighted by Crippen LogP contribution is -1.99. The van der Waals surface area contributed by atoms with E-state index in [2.05, 4.69) is 25.3 Å². The number of H-pyrrole nitrogens is 1. The number of aromatic amines is 1. The number of hydrogen-bond acceptors (Lipinski definition) is 4. The van der Waals surface area contributed by atoms with Gasteiger partial charge in [0, 0.05) is 10.7 Å². The summed E-state index contributed by atoms with van der Waals surface area (Å²) < 4.78 is 13.2. The Morgan fingerprint density at radius 3 is 3.00 bits per heavy atom. The van der Waals surface area contributed by atoms with E-state index in [1.807, 2.05) is 0 Å². The number of fused-ring (bicyclic) bond motifs is 1. The zero-order chi connectivity index (χ0) is 12.5. The molecule has 2 heterocycles. The van der Waals surface area contributed by atoms with Crippen molar-refractivity contribution in [3.63, 3.8) is 0 Å². The molecule has 0 amide bonds. The molecule has 2 N–H and O–H groups in total. The molecule has 7 heteroatoms. The fourth-order valence-corrected chi connectivity index (χ4v) is 1.79. The maximum Gasteiger partial charge on any atom is 0.312 e. The summed E-state index contributed by atoms with van der Waals surface area (Å²) in [5.41, 5.74) is 1.51. The number of halogens is 2. The molecule has 0 aliphatic heterocycles.